The van der Waals surface area contributed by atoms with Crippen LogP contribution in [0.15, 0.2) is 40.2 Å². The molecule has 1 N–H and O–H groups in total. The smallest absolute Gasteiger partial charge is 0.340 e. The van der Waals surface area contributed by atoms with Gasteiger partial charge >= 0.3 is 5.97 Å². The molecule has 0 bridgehead atoms. The Bertz CT molecular complexity index is 934. The predicted octanol–water partition coefficient (Wildman–Crippen LogP) is 3.60. The number of esters is 1. The van der Waals surface area contributed by atoms with Gasteiger partial charge in [0, 0.05) is 6.07 Å². The molecule has 3 heterocycles. The number of carbonyl (C=O) groups excluding carboxylic acids is 2. The van der Waals surface area contributed by atoms with Crippen LogP contribution in [-0.4, -0.2) is 28.1 Å². The molecule has 0 radical (unpaired) electrons. The Kier molecular flexibility index (Phi) is 5.13. The van der Waals surface area contributed by atoms with Gasteiger partial charge in [-0.05, 0) is 44.4 Å². The van der Waals surface area contributed by atoms with Crippen LogP contribution in [0.3, 0.4) is 0 Å². The number of anilines is 1. The second-order valence-corrected chi connectivity index (χ2v) is 6.61. The summed E-state index contributed by atoms with van der Waals surface area (Å²) in [5.41, 5.74) is 1.66. The highest BCUT2D eigenvalue weighted by atomic mass is 32.1. The lowest BCUT2D eigenvalue weighted by Crippen LogP contribution is -2.30. The lowest BCUT2D eigenvalue weighted by molar-refractivity contribution is -0.123. The first-order valence-electron chi connectivity index (χ1n) is 7.90. The summed E-state index contributed by atoms with van der Waals surface area (Å²) >= 11 is 1.57. The number of ether oxygens (including phenoxy) is 1. The summed E-state index contributed by atoms with van der Waals surface area (Å²) in [6, 6.07) is 8.89. The number of aromatic nitrogens is 2. The van der Waals surface area contributed by atoms with Gasteiger partial charge in [-0.3, -0.25) is 9.78 Å². The van der Waals surface area contributed by atoms with Crippen LogP contribution in [0.4, 0.5) is 5.82 Å². The van der Waals surface area contributed by atoms with E-state index in [2.05, 4.69) is 15.5 Å². The molecular weight excluding hydrogens is 354 g/mol. The summed E-state index contributed by atoms with van der Waals surface area (Å²) in [7, 11) is 0. The summed E-state index contributed by atoms with van der Waals surface area (Å²) in [5.74, 6) is -0.259. The van der Waals surface area contributed by atoms with E-state index < -0.39 is 18.0 Å². The van der Waals surface area contributed by atoms with Crippen molar-refractivity contribution in [3.63, 3.8) is 0 Å². The maximum Gasteiger partial charge on any atom is 0.340 e. The molecule has 0 saturated heterocycles. The van der Waals surface area contributed by atoms with Crippen LogP contribution in [0, 0.1) is 13.8 Å². The zero-order valence-corrected chi connectivity index (χ0v) is 15.3. The van der Waals surface area contributed by atoms with Crippen molar-refractivity contribution in [3.05, 3.63) is 52.7 Å². The number of nitrogens with one attached hydrogen (secondary N) is 1. The maximum absolute atomic E-state index is 12.4. The van der Waals surface area contributed by atoms with Gasteiger partial charge in [0.25, 0.3) is 5.91 Å². The second-order valence-electron chi connectivity index (χ2n) is 5.67. The molecule has 1 atom stereocenters. The zero-order valence-electron chi connectivity index (χ0n) is 14.5. The Hall–Kier alpha value is -3.00. The maximum atomic E-state index is 12.4. The van der Waals surface area contributed by atoms with Crippen LogP contribution in [0.25, 0.3) is 10.6 Å². The number of pyridine rings is 1. The van der Waals surface area contributed by atoms with Crippen molar-refractivity contribution in [1.82, 2.24) is 10.1 Å². The molecule has 0 aliphatic rings. The monoisotopic (exact) mass is 371 g/mol. The van der Waals surface area contributed by atoms with Crippen molar-refractivity contribution in [2.75, 3.05) is 5.32 Å². The predicted molar refractivity (Wildman–Crippen MR) is 97.0 cm³/mol. The number of thiophene rings is 1. The third kappa shape index (κ3) is 3.97. The van der Waals surface area contributed by atoms with Crippen molar-refractivity contribution in [2.24, 2.45) is 0 Å². The molecule has 1 unspecified atom stereocenters. The number of rotatable bonds is 5. The van der Waals surface area contributed by atoms with Gasteiger partial charge in [0.05, 0.1) is 21.8 Å². The third-order valence-corrected chi connectivity index (χ3v) is 4.50. The van der Waals surface area contributed by atoms with Gasteiger partial charge in [0.15, 0.2) is 11.9 Å². The van der Waals surface area contributed by atoms with Gasteiger partial charge in [-0.1, -0.05) is 11.2 Å². The fourth-order valence-corrected chi connectivity index (χ4v) is 2.96. The molecule has 134 valence electrons. The molecule has 26 heavy (non-hydrogen) atoms. The van der Waals surface area contributed by atoms with Crippen molar-refractivity contribution in [3.8, 4) is 10.6 Å². The van der Waals surface area contributed by atoms with E-state index in [4.69, 9.17) is 9.26 Å². The number of aryl methyl sites for hydroxylation is 2. The minimum Gasteiger partial charge on any atom is -0.449 e. The molecule has 3 aromatic heterocycles. The van der Waals surface area contributed by atoms with Crippen LogP contribution < -0.4 is 5.32 Å². The molecule has 0 spiro atoms. The summed E-state index contributed by atoms with van der Waals surface area (Å²) < 4.78 is 10.1. The summed E-state index contributed by atoms with van der Waals surface area (Å²) in [6.45, 7) is 4.93. The van der Waals surface area contributed by atoms with Crippen molar-refractivity contribution in [2.45, 2.75) is 26.9 Å². The van der Waals surface area contributed by atoms with E-state index in [1.54, 1.807) is 43.4 Å². The lowest BCUT2D eigenvalue weighted by Gasteiger charge is -2.13. The van der Waals surface area contributed by atoms with Gasteiger partial charge < -0.3 is 14.6 Å². The Balaban J connectivity index is 1.66. The lowest BCUT2D eigenvalue weighted by atomic mass is 10.1. The van der Waals surface area contributed by atoms with Crippen LogP contribution in [0.5, 0.6) is 0 Å². The van der Waals surface area contributed by atoms with E-state index >= 15 is 0 Å². The molecule has 0 fully saturated rings. The normalized spacial score (nSPS) is 11.8. The molecule has 0 aliphatic carbocycles. The number of hydrogen-bond acceptors (Lipinski definition) is 7. The van der Waals surface area contributed by atoms with Gasteiger partial charge in [-0.25, -0.2) is 4.79 Å². The molecule has 7 nitrogen and oxygen atoms in total. The Labute approximate surface area is 154 Å². The Morgan fingerprint density at radius 3 is 2.69 bits per heavy atom. The Morgan fingerprint density at radius 1 is 1.27 bits per heavy atom. The minimum atomic E-state index is -0.990. The molecule has 8 heteroatoms. The minimum absolute atomic E-state index is 0.272. The summed E-state index contributed by atoms with van der Waals surface area (Å²) in [5, 5.41) is 8.16. The molecule has 0 saturated carbocycles. The number of carbonyl (C=O) groups is 2. The van der Waals surface area contributed by atoms with E-state index in [0.717, 1.165) is 10.6 Å². The zero-order chi connectivity index (χ0) is 18.7. The fourth-order valence-electron chi connectivity index (χ4n) is 2.27. The SMILES string of the molecule is Cc1cc(NC(=O)C(C)OC(=O)c2ccc(-c3cccs3)nc2C)no1. The average molecular weight is 371 g/mol. The molecule has 0 aliphatic heterocycles. The first kappa shape index (κ1) is 17.8. The Morgan fingerprint density at radius 2 is 2.08 bits per heavy atom. The van der Waals surface area contributed by atoms with Crippen molar-refractivity contribution in [1.29, 1.82) is 0 Å². The standard InChI is InChI=1S/C18H17N3O4S/c1-10-9-16(21-25-10)20-17(22)12(3)24-18(23)13-6-7-14(19-11(13)2)15-5-4-8-26-15/h4-9,12H,1-3H3,(H,20,21,22). The fraction of sp³-hybridized carbons (Fsp3) is 0.222. The van der Waals surface area contributed by atoms with Crippen molar-refractivity contribution >= 4 is 29.0 Å². The molecule has 3 rings (SSSR count). The molecule has 1 amide bonds. The van der Waals surface area contributed by atoms with Gasteiger partial charge in [-0.15, -0.1) is 11.3 Å². The van der Waals surface area contributed by atoms with E-state index in [1.807, 2.05) is 17.5 Å². The second kappa shape index (κ2) is 7.49. The number of amides is 1. The van der Waals surface area contributed by atoms with E-state index in [-0.39, 0.29) is 5.82 Å². The molecule has 0 aromatic carbocycles. The highest BCUT2D eigenvalue weighted by Gasteiger charge is 2.21. The average Bonchev–Trinajstić information content (AvgIpc) is 3.26. The van der Waals surface area contributed by atoms with Crippen LogP contribution in [0.2, 0.25) is 0 Å². The van der Waals surface area contributed by atoms with Gasteiger partial charge in [-0.2, -0.15) is 0 Å². The first-order valence-corrected chi connectivity index (χ1v) is 8.78. The van der Waals surface area contributed by atoms with E-state index in [0.29, 0.717) is 17.0 Å². The highest BCUT2D eigenvalue weighted by Crippen LogP contribution is 2.24. The number of hydrogen-bond donors (Lipinski definition) is 1. The summed E-state index contributed by atoms with van der Waals surface area (Å²) in [4.78, 5) is 29.9. The van der Waals surface area contributed by atoms with Gasteiger partial charge in [0.1, 0.15) is 5.76 Å². The van der Waals surface area contributed by atoms with Crippen LogP contribution in [-0.2, 0) is 9.53 Å². The molecular formula is C18H17N3O4S. The summed E-state index contributed by atoms with van der Waals surface area (Å²) in [6.07, 6.45) is -0.990. The third-order valence-electron chi connectivity index (χ3n) is 3.61. The quantitative estimate of drug-likeness (QED) is 0.689. The van der Waals surface area contributed by atoms with Crippen LogP contribution >= 0.6 is 11.3 Å². The highest BCUT2D eigenvalue weighted by molar-refractivity contribution is 7.13. The van der Waals surface area contributed by atoms with Crippen molar-refractivity contribution < 1.29 is 18.8 Å². The largest absolute Gasteiger partial charge is 0.449 e. The van der Waals surface area contributed by atoms with E-state index in [9.17, 15) is 9.59 Å². The molecule has 3 aromatic rings. The van der Waals surface area contributed by atoms with E-state index in [1.165, 1.54) is 6.92 Å². The number of nitrogens with zero attached hydrogens (tertiary/aromatic N) is 2. The first-order chi connectivity index (χ1) is 12.4. The van der Waals surface area contributed by atoms with Gasteiger partial charge in [0.2, 0.25) is 0 Å². The topological polar surface area (TPSA) is 94.3 Å². The van der Waals surface area contributed by atoms with Crippen LogP contribution in [0.1, 0.15) is 28.7 Å².